The highest BCUT2D eigenvalue weighted by molar-refractivity contribution is 5.72. The number of rotatable bonds is 31. The molecule has 0 aliphatic heterocycles. The van der Waals surface area contributed by atoms with Crippen LogP contribution in [0.5, 0.6) is 0 Å². The standard InChI is InChI=1S/C16H32O3.C14H28O3.C12H26O2.C10H20O4.C8H18O2/c1-8-10-11-13(9-2)14(17)18-19-16(6,7)12-15(3,4)5;1-6-9-10-12(8-3)13(15)16-17-14(4,5)11-7-2;1-7-9-11(3,4)13-14-12(5,6)10-8-2;1-6-7-10(4,5)14-13-9(11)12-8(2)3;1-7(2,3)6-8(4,5)10-9/h13H,8-12H2,1-7H3;12H,6-11H2,1-5H3;7-10H2,1-6H3;8H,6-7H2,1-5H3;9H,6H2,1-5H3. The molecule has 0 saturated carbocycles. The fraction of sp³-hybridized carbons (Fsp3) is 0.950. The first-order chi connectivity index (χ1) is 33.5. The summed E-state index contributed by atoms with van der Waals surface area (Å²) in [5.41, 5.74) is -1.69. The van der Waals surface area contributed by atoms with E-state index in [0.29, 0.717) is 0 Å². The van der Waals surface area contributed by atoms with E-state index in [-0.39, 0.29) is 57.5 Å². The summed E-state index contributed by atoms with van der Waals surface area (Å²) in [6.07, 6.45) is 16.4. The van der Waals surface area contributed by atoms with Crippen LogP contribution in [0.25, 0.3) is 0 Å². The van der Waals surface area contributed by atoms with Crippen molar-refractivity contribution < 1.29 is 68.4 Å². The second kappa shape index (κ2) is 41.0. The number of carbonyl (C=O) groups excluding carboxylic acids is 3. The van der Waals surface area contributed by atoms with E-state index in [2.05, 4.69) is 114 Å². The average molecular weight is 1070 g/mol. The molecule has 1 N–H and O–H groups in total. The molecule has 0 rings (SSSR count). The number of unbranched alkanes of at least 4 members (excludes halogenated alkanes) is 2. The molecule has 0 fully saturated rings. The number of hydrogen-bond acceptors (Lipinski definition) is 14. The van der Waals surface area contributed by atoms with E-state index in [4.69, 9.17) is 44.2 Å². The molecule has 0 aliphatic rings. The maximum atomic E-state index is 11.9. The Kier molecular flexibility index (Phi) is 44.8. The van der Waals surface area contributed by atoms with Crippen molar-refractivity contribution in [2.45, 2.75) is 349 Å². The Balaban J connectivity index is -0.000000272. The number of ether oxygens (including phenoxy) is 1. The van der Waals surface area contributed by atoms with Crippen LogP contribution >= 0.6 is 0 Å². The zero-order valence-electron chi connectivity index (χ0n) is 53.7. The van der Waals surface area contributed by atoms with Crippen LogP contribution < -0.4 is 0 Å². The van der Waals surface area contributed by atoms with Crippen LogP contribution in [0.1, 0.15) is 309 Å². The van der Waals surface area contributed by atoms with Gasteiger partial charge >= 0.3 is 18.1 Å². The van der Waals surface area contributed by atoms with Crippen LogP contribution in [0.3, 0.4) is 0 Å². The zero-order valence-corrected chi connectivity index (χ0v) is 53.7. The third-order valence-corrected chi connectivity index (χ3v) is 10.9. The van der Waals surface area contributed by atoms with Crippen molar-refractivity contribution in [3.8, 4) is 0 Å². The fourth-order valence-electron chi connectivity index (χ4n) is 8.10. The van der Waals surface area contributed by atoms with E-state index >= 15 is 0 Å². The molecular weight excluding hydrogens is 945 g/mol. The van der Waals surface area contributed by atoms with E-state index in [0.717, 1.165) is 116 Å². The van der Waals surface area contributed by atoms with Gasteiger partial charge in [-0.15, -0.1) is 0 Å². The lowest BCUT2D eigenvalue weighted by atomic mass is 9.84. The highest BCUT2D eigenvalue weighted by atomic mass is 17.2. The zero-order chi connectivity index (χ0) is 59.3. The molecule has 0 aliphatic carbocycles. The molecule has 0 heterocycles. The van der Waals surface area contributed by atoms with Gasteiger partial charge in [-0.1, -0.05) is 148 Å². The van der Waals surface area contributed by atoms with Gasteiger partial charge in [-0.05, 0) is 172 Å². The largest absolute Gasteiger partial charge is 0.540 e. The highest BCUT2D eigenvalue weighted by Crippen LogP contribution is 2.31. The maximum Gasteiger partial charge on any atom is 0.540 e. The van der Waals surface area contributed by atoms with Gasteiger partial charge in [0.05, 0.1) is 34.7 Å². The molecule has 2 atom stereocenters. The van der Waals surface area contributed by atoms with Crippen molar-refractivity contribution in [3.63, 3.8) is 0 Å². The third kappa shape index (κ3) is 54.7. The van der Waals surface area contributed by atoms with Crippen LogP contribution in [-0.2, 0) is 58.3 Å². The summed E-state index contributed by atoms with van der Waals surface area (Å²) in [6.45, 7) is 56.5. The van der Waals surface area contributed by atoms with Gasteiger partial charge < -0.3 is 4.74 Å². The first-order valence-electron chi connectivity index (χ1n) is 28.6. The Bertz CT molecular complexity index is 1350. The minimum Gasteiger partial charge on any atom is -0.430 e. The van der Waals surface area contributed by atoms with Gasteiger partial charge in [0, 0.05) is 0 Å². The van der Waals surface area contributed by atoms with Crippen molar-refractivity contribution >= 4 is 18.1 Å². The van der Waals surface area contributed by atoms with Crippen LogP contribution in [0.4, 0.5) is 4.79 Å². The molecule has 0 saturated heterocycles. The SMILES string of the molecule is CC(C)(C)CC(C)(C)OO.CCCC(C)(C)OOC(=O)OC(C)C.CCCC(C)(C)OOC(C)(C)CCC.CCCCC(CC)C(=O)OOC(C)(C)CC(C)(C)C.CCCCC(CC)C(=O)OOC(C)(C)CCC. The first kappa shape index (κ1) is 80.8. The van der Waals surface area contributed by atoms with Gasteiger partial charge in [0.15, 0.2) is 0 Å². The van der Waals surface area contributed by atoms with E-state index in [1.165, 1.54) is 0 Å². The number of hydrogen-bond donors (Lipinski definition) is 1. The maximum absolute atomic E-state index is 11.9. The minimum absolute atomic E-state index is 0.0209. The molecule has 0 aromatic heterocycles. The quantitative estimate of drug-likeness (QED) is 0.0396. The van der Waals surface area contributed by atoms with Crippen LogP contribution in [0, 0.1) is 22.7 Å². The first-order valence-corrected chi connectivity index (χ1v) is 28.6. The summed E-state index contributed by atoms with van der Waals surface area (Å²) in [4.78, 5) is 80.1. The van der Waals surface area contributed by atoms with Crippen molar-refractivity contribution in [1.29, 1.82) is 0 Å². The molecule has 448 valence electrons. The Hall–Kier alpha value is -2.07. The van der Waals surface area contributed by atoms with Crippen LogP contribution in [-0.4, -0.2) is 63.1 Å². The lowest BCUT2D eigenvalue weighted by Gasteiger charge is -2.30. The lowest BCUT2D eigenvalue weighted by molar-refractivity contribution is -0.402. The average Bonchev–Trinajstić information content (AvgIpc) is 3.23. The van der Waals surface area contributed by atoms with E-state index in [1.807, 2.05) is 76.2 Å². The van der Waals surface area contributed by atoms with Crippen molar-refractivity contribution in [2.75, 3.05) is 0 Å². The molecule has 0 aromatic rings. The van der Waals surface area contributed by atoms with Crippen molar-refractivity contribution in [3.05, 3.63) is 0 Å². The van der Waals surface area contributed by atoms with Gasteiger partial charge in [0.25, 0.3) is 0 Å². The highest BCUT2D eigenvalue weighted by Gasteiger charge is 2.31. The second-order valence-corrected chi connectivity index (χ2v) is 26.3. The van der Waals surface area contributed by atoms with Gasteiger partial charge in [0.1, 0.15) is 16.8 Å². The molecule has 0 radical (unpaired) electrons. The van der Waals surface area contributed by atoms with Crippen molar-refractivity contribution in [1.82, 2.24) is 0 Å². The van der Waals surface area contributed by atoms with Crippen LogP contribution in [0.15, 0.2) is 0 Å². The van der Waals surface area contributed by atoms with E-state index in [1.54, 1.807) is 13.8 Å². The smallest absolute Gasteiger partial charge is 0.430 e. The third-order valence-electron chi connectivity index (χ3n) is 10.9. The predicted molar refractivity (Wildman–Crippen MR) is 303 cm³/mol. The van der Waals surface area contributed by atoms with Gasteiger partial charge in [0.2, 0.25) is 0 Å². The molecule has 14 nitrogen and oxygen atoms in total. The molecule has 0 spiro atoms. The lowest BCUT2D eigenvalue weighted by Crippen LogP contribution is -2.32. The fourth-order valence-corrected chi connectivity index (χ4v) is 8.10. The molecule has 2 unspecified atom stereocenters. The molecule has 0 aromatic carbocycles. The summed E-state index contributed by atoms with van der Waals surface area (Å²) in [5, 5.41) is 8.46. The summed E-state index contributed by atoms with van der Waals surface area (Å²) >= 11 is 0. The monoisotopic (exact) mass is 1070 g/mol. The Morgan fingerprint density at radius 2 is 0.676 bits per heavy atom. The molecule has 14 heteroatoms. The summed E-state index contributed by atoms with van der Waals surface area (Å²) in [7, 11) is 0. The van der Waals surface area contributed by atoms with Gasteiger partial charge in [-0.3, -0.25) is 19.9 Å². The van der Waals surface area contributed by atoms with Gasteiger partial charge in [-0.2, -0.15) is 14.7 Å². The minimum atomic E-state index is -0.788. The van der Waals surface area contributed by atoms with Crippen molar-refractivity contribution in [2.24, 2.45) is 22.7 Å². The second-order valence-electron chi connectivity index (χ2n) is 26.3. The molecular formula is C60H124O14. The Morgan fingerprint density at radius 3 is 0.919 bits per heavy atom. The van der Waals surface area contributed by atoms with Crippen LogP contribution in [0.2, 0.25) is 0 Å². The van der Waals surface area contributed by atoms with E-state index < -0.39 is 23.0 Å². The molecule has 0 amide bonds. The summed E-state index contributed by atoms with van der Waals surface area (Å²) < 4.78 is 4.74. The Morgan fingerprint density at radius 1 is 0.392 bits per heavy atom. The number of carbonyl (C=O) groups is 3. The summed E-state index contributed by atoms with van der Waals surface area (Å²) in [6, 6.07) is 0. The molecule has 74 heavy (non-hydrogen) atoms. The Labute approximate surface area is 456 Å². The normalized spacial score (nSPS) is 13.3. The van der Waals surface area contributed by atoms with E-state index in [9.17, 15) is 14.4 Å². The van der Waals surface area contributed by atoms with Gasteiger partial charge in [-0.25, -0.2) is 29.0 Å². The summed E-state index contributed by atoms with van der Waals surface area (Å²) in [5.74, 6) is -0.499. The topological polar surface area (TPSA) is 164 Å². The molecule has 0 bridgehead atoms. The predicted octanol–water partition coefficient (Wildman–Crippen LogP) is 19.0.